The Morgan fingerprint density at radius 1 is 1.56 bits per heavy atom. The van der Waals surface area contributed by atoms with Gasteiger partial charge >= 0.3 is 0 Å². The molecule has 3 heterocycles. The van der Waals surface area contributed by atoms with E-state index in [0.29, 0.717) is 6.42 Å². The number of thiazole rings is 1. The Morgan fingerprint density at radius 3 is 3.04 bits per heavy atom. The third-order valence-electron chi connectivity index (χ3n) is 4.94. The summed E-state index contributed by atoms with van der Waals surface area (Å²) in [6.45, 7) is 5.71. The highest BCUT2D eigenvalue weighted by Crippen LogP contribution is 2.35. The molecule has 0 saturated carbocycles. The van der Waals surface area contributed by atoms with Crippen molar-refractivity contribution in [3.8, 4) is 0 Å². The van der Waals surface area contributed by atoms with E-state index in [9.17, 15) is 4.79 Å². The minimum absolute atomic E-state index is 0. The second kappa shape index (κ2) is 9.16. The maximum atomic E-state index is 11.6. The maximum absolute atomic E-state index is 11.6. The fourth-order valence-corrected chi connectivity index (χ4v) is 4.53. The first-order valence-corrected chi connectivity index (χ1v) is 9.62. The molecule has 0 radical (unpaired) electrons. The van der Waals surface area contributed by atoms with Crippen LogP contribution >= 0.6 is 35.3 Å². The molecule has 2 aliphatic heterocycles. The summed E-state index contributed by atoms with van der Waals surface area (Å²) in [6.07, 6.45) is 6.84. The van der Waals surface area contributed by atoms with Crippen molar-refractivity contribution in [3.63, 3.8) is 0 Å². The van der Waals surface area contributed by atoms with Crippen LogP contribution in [-0.2, 0) is 17.6 Å². The number of carbonyl (C=O) groups excluding carboxylic acids is 1. The minimum Gasteiger partial charge on any atom is -0.356 e. The molecule has 1 atom stereocenters. The molecule has 3 rings (SSSR count). The van der Waals surface area contributed by atoms with Crippen LogP contribution in [0.1, 0.15) is 36.1 Å². The molecule has 0 bridgehead atoms. The van der Waals surface area contributed by atoms with E-state index in [-0.39, 0.29) is 35.3 Å². The van der Waals surface area contributed by atoms with Gasteiger partial charge in [-0.2, -0.15) is 0 Å². The molecule has 2 fully saturated rings. The van der Waals surface area contributed by atoms with Crippen molar-refractivity contribution in [1.82, 2.24) is 20.5 Å². The fourth-order valence-electron chi connectivity index (χ4n) is 3.67. The van der Waals surface area contributed by atoms with Crippen molar-refractivity contribution < 1.29 is 4.79 Å². The van der Waals surface area contributed by atoms with Crippen LogP contribution in [0.15, 0.2) is 11.2 Å². The Balaban J connectivity index is 0.00000225. The molecule has 2 aliphatic rings. The summed E-state index contributed by atoms with van der Waals surface area (Å²) in [7, 11) is 1.83. The number of piperidine rings is 1. The van der Waals surface area contributed by atoms with E-state index in [1.54, 1.807) is 11.3 Å². The number of halogens is 1. The van der Waals surface area contributed by atoms with E-state index in [1.165, 1.54) is 9.88 Å². The van der Waals surface area contributed by atoms with E-state index < -0.39 is 0 Å². The summed E-state index contributed by atoms with van der Waals surface area (Å²) >= 11 is 1.79. The fraction of sp³-hybridized carbons (Fsp3) is 0.706. The van der Waals surface area contributed by atoms with Crippen LogP contribution < -0.4 is 10.6 Å². The second-order valence-electron chi connectivity index (χ2n) is 6.78. The molecule has 1 spiro atoms. The molecule has 2 N–H and O–H groups in total. The van der Waals surface area contributed by atoms with Crippen molar-refractivity contribution >= 4 is 47.2 Å². The monoisotopic (exact) mass is 477 g/mol. The molecule has 1 amide bonds. The van der Waals surface area contributed by atoms with Crippen LogP contribution in [0.25, 0.3) is 0 Å². The summed E-state index contributed by atoms with van der Waals surface area (Å²) in [5.74, 6) is 1.14. The zero-order chi connectivity index (χ0) is 17.0. The topological polar surface area (TPSA) is 69.6 Å². The molecular weight excluding hydrogens is 449 g/mol. The van der Waals surface area contributed by atoms with Gasteiger partial charge in [-0.25, -0.2) is 4.98 Å². The van der Waals surface area contributed by atoms with E-state index in [2.05, 4.69) is 32.4 Å². The predicted molar refractivity (Wildman–Crippen MR) is 113 cm³/mol. The van der Waals surface area contributed by atoms with Gasteiger partial charge in [-0.15, -0.1) is 35.3 Å². The lowest BCUT2D eigenvalue weighted by molar-refractivity contribution is -0.119. The van der Waals surface area contributed by atoms with Gasteiger partial charge in [-0.3, -0.25) is 9.79 Å². The molecule has 1 aromatic rings. The number of nitrogens with zero attached hydrogens (tertiary/aromatic N) is 3. The maximum Gasteiger partial charge on any atom is 0.220 e. The van der Waals surface area contributed by atoms with Crippen molar-refractivity contribution in [2.45, 2.75) is 39.0 Å². The van der Waals surface area contributed by atoms with Gasteiger partial charge in [0.05, 0.1) is 5.01 Å². The van der Waals surface area contributed by atoms with E-state index in [1.807, 2.05) is 13.2 Å². The summed E-state index contributed by atoms with van der Waals surface area (Å²) in [4.78, 5) is 24.2. The molecule has 140 valence electrons. The number of hydrogen-bond acceptors (Lipinski definition) is 4. The lowest BCUT2D eigenvalue weighted by Crippen LogP contribution is -2.51. The summed E-state index contributed by atoms with van der Waals surface area (Å²) in [5, 5.41) is 7.64. The largest absolute Gasteiger partial charge is 0.356 e. The smallest absolute Gasteiger partial charge is 0.220 e. The molecule has 6 nitrogen and oxygen atoms in total. The number of amides is 1. The standard InChI is InChI=1S/C17H27N5OS.HI/c1-3-13-10-20-15(24-13)5-7-19-16(18-2)22-8-4-6-17(12-22)9-14(23)21-11-17;/h10H,3-9,11-12H2,1-2H3,(H,18,19)(H,21,23);1H. The number of guanidine groups is 1. The Labute approximate surface area is 170 Å². The highest BCUT2D eigenvalue weighted by atomic mass is 127. The van der Waals surface area contributed by atoms with Crippen molar-refractivity contribution in [1.29, 1.82) is 0 Å². The molecule has 0 aromatic carbocycles. The summed E-state index contributed by atoms with van der Waals surface area (Å²) < 4.78 is 0. The number of aliphatic imine (C=N–C) groups is 1. The zero-order valence-corrected chi connectivity index (χ0v) is 18.2. The Kier molecular flexibility index (Phi) is 7.48. The van der Waals surface area contributed by atoms with E-state index in [0.717, 1.165) is 57.8 Å². The molecule has 0 aliphatic carbocycles. The number of likely N-dealkylation sites (tertiary alicyclic amines) is 1. The third kappa shape index (κ3) is 5.06. The Hall–Kier alpha value is -0.900. The lowest BCUT2D eigenvalue weighted by Gasteiger charge is -2.40. The quantitative estimate of drug-likeness (QED) is 0.396. The SMILES string of the molecule is CCc1cnc(CCNC(=NC)N2CCCC3(CNC(=O)C3)C2)s1.I. The second-order valence-corrected chi connectivity index (χ2v) is 7.98. The van der Waals surface area contributed by atoms with Crippen LogP contribution in [0.5, 0.6) is 0 Å². The van der Waals surface area contributed by atoms with Crippen molar-refractivity contribution in [2.24, 2.45) is 10.4 Å². The molecule has 1 aromatic heterocycles. The summed E-state index contributed by atoms with van der Waals surface area (Å²) in [5.41, 5.74) is 0.0955. The molecule has 1 unspecified atom stereocenters. The van der Waals surface area contributed by atoms with Gasteiger partial charge in [0.1, 0.15) is 0 Å². The van der Waals surface area contributed by atoms with E-state index in [4.69, 9.17) is 0 Å². The molecular formula is C17H28IN5OS. The van der Waals surface area contributed by atoms with Gasteiger partial charge in [0.15, 0.2) is 5.96 Å². The number of rotatable bonds is 4. The number of aromatic nitrogens is 1. The van der Waals surface area contributed by atoms with Gasteiger partial charge in [0.25, 0.3) is 0 Å². The van der Waals surface area contributed by atoms with E-state index >= 15 is 0 Å². The van der Waals surface area contributed by atoms with Crippen molar-refractivity contribution in [2.75, 3.05) is 33.2 Å². The molecule has 2 saturated heterocycles. The summed E-state index contributed by atoms with van der Waals surface area (Å²) in [6, 6.07) is 0. The predicted octanol–water partition coefficient (Wildman–Crippen LogP) is 2.04. The third-order valence-corrected chi connectivity index (χ3v) is 6.14. The van der Waals surface area contributed by atoms with Gasteiger partial charge in [0, 0.05) is 62.6 Å². The first-order valence-electron chi connectivity index (χ1n) is 8.80. The first-order chi connectivity index (χ1) is 11.6. The van der Waals surface area contributed by atoms with Crippen LogP contribution in [0.4, 0.5) is 0 Å². The van der Waals surface area contributed by atoms with Gasteiger partial charge in [-0.1, -0.05) is 6.92 Å². The first kappa shape index (κ1) is 20.4. The van der Waals surface area contributed by atoms with Crippen molar-refractivity contribution in [3.05, 3.63) is 16.1 Å². The van der Waals surface area contributed by atoms with Crippen LogP contribution in [0, 0.1) is 5.41 Å². The van der Waals surface area contributed by atoms with Gasteiger partial charge in [-0.05, 0) is 19.3 Å². The Morgan fingerprint density at radius 2 is 2.40 bits per heavy atom. The lowest BCUT2D eigenvalue weighted by atomic mass is 9.79. The highest BCUT2D eigenvalue weighted by Gasteiger charge is 2.42. The normalized spacial score (nSPS) is 23.5. The highest BCUT2D eigenvalue weighted by molar-refractivity contribution is 14.0. The molecule has 25 heavy (non-hydrogen) atoms. The number of aryl methyl sites for hydroxylation is 1. The van der Waals surface area contributed by atoms with Crippen LogP contribution in [0.3, 0.4) is 0 Å². The van der Waals surface area contributed by atoms with Crippen LogP contribution in [0.2, 0.25) is 0 Å². The molecule has 8 heteroatoms. The van der Waals surface area contributed by atoms with Crippen LogP contribution in [-0.4, -0.2) is 55.0 Å². The minimum atomic E-state index is 0. The number of nitrogens with one attached hydrogen (secondary N) is 2. The number of hydrogen-bond donors (Lipinski definition) is 2. The zero-order valence-electron chi connectivity index (χ0n) is 15.0. The average Bonchev–Trinajstić information content (AvgIpc) is 3.18. The average molecular weight is 477 g/mol. The van der Waals surface area contributed by atoms with Gasteiger partial charge in [0.2, 0.25) is 5.91 Å². The Bertz CT molecular complexity index is 620. The number of carbonyl (C=O) groups is 1. The van der Waals surface area contributed by atoms with Gasteiger partial charge < -0.3 is 15.5 Å².